The molecule has 48 heavy (non-hydrogen) atoms. The molecule has 6 rings (SSSR count). The summed E-state index contributed by atoms with van der Waals surface area (Å²) in [4.78, 5) is 63.7. The predicted octanol–water partition coefficient (Wildman–Crippen LogP) is 0.813. The van der Waals surface area contributed by atoms with E-state index >= 15 is 0 Å². The van der Waals surface area contributed by atoms with Crippen molar-refractivity contribution < 1.29 is 33.3 Å². The summed E-state index contributed by atoms with van der Waals surface area (Å²) >= 11 is 0. The molecule has 0 aliphatic carbocycles. The van der Waals surface area contributed by atoms with E-state index in [9.17, 15) is 28.7 Å². The van der Waals surface area contributed by atoms with Crippen molar-refractivity contribution in [3.05, 3.63) is 113 Å². The largest absolute Gasteiger partial charge is 0.524 e. The van der Waals surface area contributed by atoms with Gasteiger partial charge in [0.1, 0.15) is 18.0 Å². The molecular formula is C33H36N7O7P. The number of carbonyl (C=O) groups is 3. The number of rotatable bonds is 10. The summed E-state index contributed by atoms with van der Waals surface area (Å²) in [5.41, 5.74) is 5.32. The minimum Gasteiger partial charge on any atom is -0.404 e. The third-order valence-corrected chi connectivity index (χ3v) is 8.81. The van der Waals surface area contributed by atoms with Crippen molar-refractivity contribution in [2.45, 2.75) is 31.7 Å². The van der Waals surface area contributed by atoms with Gasteiger partial charge in [0.15, 0.2) is 0 Å². The maximum atomic E-state index is 14.4. The summed E-state index contributed by atoms with van der Waals surface area (Å²) in [5.74, 6) is -0.665. The third-order valence-electron chi connectivity index (χ3n) is 8.36. The number of benzene rings is 3. The number of fused-ring (bicyclic) bond motifs is 2. The number of hydrogen-bond acceptors (Lipinski definition) is 8. The molecule has 0 bridgehead atoms. The predicted molar refractivity (Wildman–Crippen MR) is 175 cm³/mol. The van der Waals surface area contributed by atoms with E-state index in [1.807, 2.05) is 54.6 Å². The average molecular weight is 674 g/mol. The lowest BCUT2D eigenvalue weighted by Gasteiger charge is -2.55. The molecular weight excluding hydrogens is 637 g/mol. The molecule has 0 saturated carbocycles. The van der Waals surface area contributed by atoms with Crippen molar-refractivity contribution in [2.75, 3.05) is 26.2 Å². The van der Waals surface area contributed by atoms with Gasteiger partial charge in [-0.3, -0.25) is 19.4 Å². The van der Waals surface area contributed by atoms with Crippen molar-refractivity contribution in [1.29, 1.82) is 0 Å². The van der Waals surface area contributed by atoms with Crippen molar-refractivity contribution in [3.8, 4) is 5.75 Å². The van der Waals surface area contributed by atoms with Crippen LogP contribution in [0.5, 0.6) is 5.75 Å². The molecule has 3 heterocycles. The molecule has 14 nitrogen and oxygen atoms in total. The van der Waals surface area contributed by atoms with Gasteiger partial charge in [-0.05, 0) is 28.8 Å². The summed E-state index contributed by atoms with van der Waals surface area (Å²) < 4.78 is 16.0. The smallest absolute Gasteiger partial charge is 0.404 e. The fourth-order valence-electron chi connectivity index (χ4n) is 6.27. The number of para-hydroxylation sites is 1. The van der Waals surface area contributed by atoms with Crippen LogP contribution in [-0.4, -0.2) is 85.8 Å². The molecule has 0 radical (unpaired) electrons. The number of phosphoric ester groups is 1. The molecule has 0 spiro atoms. The molecule has 250 valence electrons. The van der Waals surface area contributed by atoms with Crippen LogP contribution < -0.4 is 25.8 Å². The van der Waals surface area contributed by atoms with E-state index in [2.05, 4.69) is 26.9 Å². The molecule has 0 aromatic heterocycles. The van der Waals surface area contributed by atoms with E-state index < -0.39 is 26.1 Å². The highest BCUT2D eigenvalue weighted by molar-refractivity contribution is 7.46. The standard InChI is InChI=1S/C33H36N7O7P/c1-2-17-38-22-30(41)39-28(18-23-11-13-27(14-12-23)47-48(44,45)46)32(42)37(20-26-10-6-9-25-15-16-35-36-31(25)26)21-29(39)40(38)33(43)34-19-24-7-4-3-5-8-24/h2-15,28-29,35H,1,16-22H2,(H,34,43)(H2,44,45,46)/t28-,29-/m0/s1. The first-order valence-electron chi connectivity index (χ1n) is 15.4. The number of piperazine rings is 1. The zero-order valence-electron chi connectivity index (χ0n) is 26.0. The first kappa shape index (κ1) is 32.9. The molecule has 2 atom stereocenters. The van der Waals surface area contributed by atoms with Gasteiger partial charge >= 0.3 is 13.9 Å². The Bertz CT molecular complexity index is 1870. The summed E-state index contributed by atoms with van der Waals surface area (Å²) in [7, 11) is -4.76. The van der Waals surface area contributed by atoms with E-state index in [4.69, 9.17) is 0 Å². The van der Waals surface area contributed by atoms with Gasteiger partial charge in [-0.2, -0.15) is 5.10 Å². The van der Waals surface area contributed by atoms with Crippen LogP contribution in [0.3, 0.4) is 0 Å². The SMILES string of the molecule is C=CCN1CC(=O)N2[C@@H](Cc3ccc(OP(=O)(O)O)cc3)C(=O)N(Cc3cccc4c3=NNCC=4)C[C@@H]2N1C(=O)NCc1ccccc1. The van der Waals surface area contributed by atoms with Crippen molar-refractivity contribution in [3.63, 3.8) is 0 Å². The first-order chi connectivity index (χ1) is 23.1. The highest BCUT2D eigenvalue weighted by Crippen LogP contribution is 2.37. The Balaban J connectivity index is 1.36. The van der Waals surface area contributed by atoms with Crippen LogP contribution >= 0.6 is 7.82 Å². The Labute approximate surface area is 276 Å². The normalized spacial score (nSPS) is 19.3. The number of hydrogen-bond donors (Lipinski definition) is 4. The molecule has 2 saturated heterocycles. The van der Waals surface area contributed by atoms with E-state index in [1.165, 1.54) is 22.0 Å². The van der Waals surface area contributed by atoms with Crippen molar-refractivity contribution in [2.24, 2.45) is 5.10 Å². The van der Waals surface area contributed by atoms with Crippen LogP contribution in [0.1, 0.15) is 16.7 Å². The monoisotopic (exact) mass is 673 g/mol. The number of hydrazine groups is 1. The van der Waals surface area contributed by atoms with Gasteiger partial charge in [-0.1, -0.05) is 72.8 Å². The summed E-state index contributed by atoms with van der Waals surface area (Å²) in [6.45, 7) is 4.98. The van der Waals surface area contributed by atoms with E-state index in [0.29, 0.717) is 12.1 Å². The van der Waals surface area contributed by atoms with E-state index in [0.717, 1.165) is 21.7 Å². The molecule has 3 aliphatic heterocycles. The number of urea groups is 1. The topological polar surface area (TPSA) is 167 Å². The second kappa shape index (κ2) is 14.0. The fourth-order valence-corrected chi connectivity index (χ4v) is 6.67. The fraction of sp³-hybridized carbons (Fsp3) is 0.273. The van der Waals surface area contributed by atoms with Crippen LogP contribution in [0.25, 0.3) is 6.08 Å². The van der Waals surface area contributed by atoms with Gasteiger partial charge in [-0.15, -0.1) is 6.58 Å². The lowest BCUT2D eigenvalue weighted by atomic mass is 9.98. The lowest BCUT2D eigenvalue weighted by Crippen LogP contribution is -2.76. The van der Waals surface area contributed by atoms with Crippen molar-refractivity contribution >= 4 is 31.7 Å². The van der Waals surface area contributed by atoms with Crippen LogP contribution in [-0.2, 0) is 33.7 Å². The number of amides is 4. The second-order valence-electron chi connectivity index (χ2n) is 11.6. The van der Waals surface area contributed by atoms with Gasteiger partial charge in [0.2, 0.25) is 11.8 Å². The molecule has 4 N–H and O–H groups in total. The Morgan fingerprint density at radius 3 is 2.56 bits per heavy atom. The molecule has 2 fully saturated rings. The Hall–Kier alpha value is -5.01. The Morgan fingerprint density at radius 1 is 1.06 bits per heavy atom. The Kier molecular flexibility index (Phi) is 9.60. The summed E-state index contributed by atoms with van der Waals surface area (Å²) in [6.07, 6.45) is 2.87. The lowest BCUT2D eigenvalue weighted by molar-refractivity contribution is -0.189. The third kappa shape index (κ3) is 7.26. The number of nitrogens with zero attached hydrogens (tertiary/aromatic N) is 5. The number of nitrogens with one attached hydrogen (secondary N) is 2. The quantitative estimate of drug-likeness (QED) is 0.180. The highest BCUT2D eigenvalue weighted by Gasteiger charge is 2.51. The van der Waals surface area contributed by atoms with Gasteiger partial charge in [0.05, 0.1) is 25.0 Å². The molecule has 0 unspecified atom stereocenters. The van der Waals surface area contributed by atoms with Crippen LogP contribution in [0.15, 0.2) is 90.6 Å². The summed E-state index contributed by atoms with van der Waals surface area (Å²) in [6, 6.07) is 19.8. The average Bonchev–Trinajstić information content (AvgIpc) is 3.06. The van der Waals surface area contributed by atoms with Gasteiger partial charge < -0.3 is 25.1 Å². The minimum atomic E-state index is -4.76. The second-order valence-corrected chi connectivity index (χ2v) is 12.8. The van der Waals surface area contributed by atoms with Gasteiger partial charge in [0.25, 0.3) is 0 Å². The molecule has 15 heteroatoms. The zero-order chi connectivity index (χ0) is 33.8. The molecule has 3 aliphatic rings. The Morgan fingerprint density at radius 2 is 1.83 bits per heavy atom. The van der Waals surface area contributed by atoms with E-state index in [-0.39, 0.29) is 56.7 Å². The summed E-state index contributed by atoms with van der Waals surface area (Å²) in [5, 5.41) is 12.3. The van der Waals surface area contributed by atoms with Crippen LogP contribution in [0.4, 0.5) is 4.79 Å². The molecule has 4 amide bonds. The van der Waals surface area contributed by atoms with E-state index in [1.54, 1.807) is 28.1 Å². The zero-order valence-corrected chi connectivity index (χ0v) is 26.9. The van der Waals surface area contributed by atoms with Gasteiger partial charge in [-0.25, -0.2) is 19.4 Å². The minimum absolute atomic E-state index is 0.0417. The first-order valence-corrected chi connectivity index (χ1v) is 16.9. The molecule has 3 aromatic carbocycles. The maximum Gasteiger partial charge on any atom is 0.524 e. The van der Waals surface area contributed by atoms with Gasteiger partial charge in [0, 0.05) is 31.3 Å². The van der Waals surface area contributed by atoms with Crippen LogP contribution in [0, 0.1) is 0 Å². The highest BCUT2D eigenvalue weighted by atomic mass is 31.2. The van der Waals surface area contributed by atoms with Crippen LogP contribution in [0.2, 0.25) is 0 Å². The number of phosphoric acid groups is 1. The maximum absolute atomic E-state index is 14.4. The number of carbonyl (C=O) groups excluding carboxylic acids is 3. The van der Waals surface area contributed by atoms with Crippen molar-refractivity contribution in [1.82, 2.24) is 30.6 Å². The molecule has 3 aromatic rings.